The quantitative estimate of drug-likeness (QED) is 0.505. The monoisotopic (exact) mass is 503 g/mol. The average Bonchev–Trinajstić information content (AvgIpc) is 3.47. The van der Waals surface area contributed by atoms with Gasteiger partial charge in [0.15, 0.2) is 17.4 Å². The molecule has 2 N–H and O–H groups in total. The summed E-state index contributed by atoms with van der Waals surface area (Å²) in [5.41, 5.74) is 0.936. The number of benzene rings is 1. The maximum absolute atomic E-state index is 14.4. The average molecular weight is 504 g/mol. The Labute approximate surface area is 206 Å². The zero-order valence-electron chi connectivity index (χ0n) is 19.7. The Bertz CT molecular complexity index is 1220. The van der Waals surface area contributed by atoms with Crippen LogP contribution in [0.4, 0.5) is 30.6 Å². The van der Waals surface area contributed by atoms with E-state index in [-0.39, 0.29) is 18.0 Å². The summed E-state index contributed by atoms with van der Waals surface area (Å²) in [6.45, 7) is 2.45. The second-order valence-electron chi connectivity index (χ2n) is 9.60. The molecule has 1 saturated carbocycles. The minimum atomic E-state index is -1.02. The number of hydrogen-bond acceptors (Lipinski definition) is 7. The lowest BCUT2D eigenvalue weighted by Crippen LogP contribution is -2.39. The summed E-state index contributed by atoms with van der Waals surface area (Å²) in [4.78, 5) is 9.13. The van der Waals surface area contributed by atoms with Crippen molar-refractivity contribution in [2.45, 2.75) is 56.4 Å². The van der Waals surface area contributed by atoms with Crippen LogP contribution in [-0.4, -0.2) is 52.8 Å². The Kier molecular flexibility index (Phi) is 6.22. The van der Waals surface area contributed by atoms with Crippen molar-refractivity contribution in [3.63, 3.8) is 0 Å². The first-order chi connectivity index (χ1) is 17.5. The van der Waals surface area contributed by atoms with E-state index in [1.807, 2.05) is 10.6 Å². The van der Waals surface area contributed by atoms with Gasteiger partial charge in [0.25, 0.3) is 0 Å². The molecule has 0 unspecified atom stereocenters. The summed E-state index contributed by atoms with van der Waals surface area (Å²) in [5, 5.41) is 6.29. The number of ether oxygens (including phenoxy) is 3. The summed E-state index contributed by atoms with van der Waals surface area (Å²) in [7, 11) is 0. The van der Waals surface area contributed by atoms with Gasteiger partial charge in [0.1, 0.15) is 22.8 Å². The van der Waals surface area contributed by atoms with Crippen LogP contribution in [0.3, 0.4) is 0 Å². The minimum Gasteiger partial charge on any atom is -0.381 e. The van der Waals surface area contributed by atoms with Crippen LogP contribution in [0.1, 0.15) is 44.6 Å². The number of imidazole rings is 1. The van der Waals surface area contributed by atoms with Crippen molar-refractivity contribution in [1.29, 1.82) is 0 Å². The van der Waals surface area contributed by atoms with Gasteiger partial charge in [0.05, 0.1) is 24.9 Å². The first kappa shape index (κ1) is 23.5. The Morgan fingerprint density at radius 3 is 2.31 bits per heavy atom. The van der Waals surface area contributed by atoms with Gasteiger partial charge < -0.3 is 29.4 Å². The van der Waals surface area contributed by atoms with E-state index in [2.05, 4.69) is 20.6 Å². The summed E-state index contributed by atoms with van der Waals surface area (Å²) in [6, 6.07) is 3.46. The maximum Gasteiger partial charge on any atom is 0.208 e. The molecule has 0 atom stereocenters. The van der Waals surface area contributed by atoms with Gasteiger partial charge in [0, 0.05) is 56.3 Å². The number of nitrogens with zero attached hydrogens (tertiary/aromatic N) is 3. The van der Waals surface area contributed by atoms with E-state index >= 15 is 0 Å². The second kappa shape index (κ2) is 9.53. The van der Waals surface area contributed by atoms with E-state index < -0.39 is 28.9 Å². The molecule has 3 fully saturated rings. The van der Waals surface area contributed by atoms with Crippen LogP contribution >= 0.6 is 0 Å². The number of pyridine rings is 1. The Morgan fingerprint density at radius 1 is 0.917 bits per heavy atom. The van der Waals surface area contributed by atoms with E-state index in [1.54, 1.807) is 6.20 Å². The maximum atomic E-state index is 14.4. The van der Waals surface area contributed by atoms with Gasteiger partial charge in [-0.1, -0.05) is 0 Å². The van der Waals surface area contributed by atoms with Crippen molar-refractivity contribution in [3.8, 4) is 0 Å². The Balaban J connectivity index is 1.30. The highest BCUT2D eigenvalue weighted by molar-refractivity contribution is 5.81. The van der Waals surface area contributed by atoms with Gasteiger partial charge in [-0.05, 0) is 25.7 Å². The number of halogens is 3. The first-order valence-electron chi connectivity index (χ1n) is 12.4. The predicted octanol–water partition coefficient (Wildman–Crippen LogP) is 5.04. The van der Waals surface area contributed by atoms with E-state index in [1.165, 1.54) is 0 Å². The molecule has 11 heteroatoms. The molecule has 0 amide bonds. The molecule has 6 rings (SSSR count). The summed E-state index contributed by atoms with van der Waals surface area (Å²) in [6.07, 6.45) is 6.56. The van der Waals surface area contributed by atoms with Crippen LogP contribution in [0.15, 0.2) is 24.4 Å². The molecular weight excluding hydrogens is 475 g/mol. The number of fused-ring (bicyclic) bond motifs is 1. The highest BCUT2D eigenvalue weighted by Crippen LogP contribution is 2.37. The molecular formula is C25H28F3N5O3. The van der Waals surface area contributed by atoms with Crippen molar-refractivity contribution >= 4 is 28.5 Å². The fourth-order valence-corrected chi connectivity index (χ4v) is 5.45. The van der Waals surface area contributed by atoms with E-state index in [4.69, 9.17) is 14.2 Å². The lowest BCUT2D eigenvalue weighted by molar-refractivity contribution is -0.177. The number of aromatic nitrogens is 3. The third-order valence-corrected chi connectivity index (χ3v) is 7.29. The number of anilines is 3. The van der Waals surface area contributed by atoms with Crippen molar-refractivity contribution in [2.24, 2.45) is 0 Å². The van der Waals surface area contributed by atoms with Gasteiger partial charge >= 0.3 is 0 Å². The summed E-state index contributed by atoms with van der Waals surface area (Å²) >= 11 is 0. The minimum absolute atomic E-state index is 0.0132. The van der Waals surface area contributed by atoms with Crippen LogP contribution in [0.2, 0.25) is 0 Å². The topological polar surface area (TPSA) is 82.5 Å². The third-order valence-electron chi connectivity index (χ3n) is 7.29. The Hall–Kier alpha value is -2.89. The molecule has 0 radical (unpaired) electrons. The van der Waals surface area contributed by atoms with Gasteiger partial charge in [-0.25, -0.2) is 23.1 Å². The molecule has 3 aromatic rings. The zero-order valence-corrected chi connectivity index (χ0v) is 19.7. The van der Waals surface area contributed by atoms with E-state index in [0.29, 0.717) is 49.9 Å². The number of rotatable bonds is 5. The molecule has 2 aromatic heterocycles. The van der Waals surface area contributed by atoms with Crippen molar-refractivity contribution in [1.82, 2.24) is 14.5 Å². The third kappa shape index (κ3) is 4.51. The number of nitrogens with one attached hydrogen (secondary N) is 2. The first-order valence-corrected chi connectivity index (χ1v) is 12.4. The van der Waals surface area contributed by atoms with Crippen molar-refractivity contribution in [2.75, 3.05) is 37.1 Å². The summed E-state index contributed by atoms with van der Waals surface area (Å²) in [5.74, 6) is -2.48. The van der Waals surface area contributed by atoms with Crippen LogP contribution in [0.25, 0.3) is 11.0 Å². The molecule has 4 heterocycles. The van der Waals surface area contributed by atoms with Crippen LogP contribution in [0, 0.1) is 17.5 Å². The predicted molar refractivity (Wildman–Crippen MR) is 127 cm³/mol. The molecule has 3 aliphatic rings. The van der Waals surface area contributed by atoms with Gasteiger partial charge in [-0.15, -0.1) is 0 Å². The standard InChI is InChI=1S/C25H28F3N5O3/c26-15-11-18(27)23(19(28)12-15)32-24-31-20-14-29-22(13-21(20)33(24)17-3-7-34-8-4-17)30-16-1-5-25(6-2-16)35-9-10-36-25/h11-14,16-17H,1-10H2,(H,29,30)(H,31,32). The fourth-order valence-electron chi connectivity index (χ4n) is 5.45. The fraction of sp³-hybridized carbons (Fsp3) is 0.520. The van der Waals surface area contributed by atoms with Crippen LogP contribution in [0.5, 0.6) is 0 Å². The lowest BCUT2D eigenvalue weighted by atomic mass is 9.90. The van der Waals surface area contributed by atoms with Crippen LogP contribution in [-0.2, 0) is 14.2 Å². The molecule has 1 aromatic carbocycles. The van der Waals surface area contributed by atoms with Gasteiger partial charge in [-0.2, -0.15) is 0 Å². The number of hydrogen-bond donors (Lipinski definition) is 2. The molecule has 2 aliphatic heterocycles. The zero-order chi connectivity index (χ0) is 24.7. The van der Waals surface area contributed by atoms with Gasteiger partial charge in [-0.3, -0.25) is 0 Å². The van der Waals surface area contributed by atoms with Crippen molar-refractivity contribution in [3.05, 3.63) is 41.8 Å². The normalized spacial score (nSPS) is 20.9. The van der Waals surface area contributed by atoms with E-state index in [9.17, 15) is 13.2 Å². The smallest absolute Gasteiger partial charge is 0.208 e. The Morgan fingerprint density at radius 2 is 1.61 bits per heavy atom. The highest BCUT2D eigenvalue weighted by atomic mass is 19.1. The van der Waals surface area contributed by atoms with Gasteiger partial charge in [0.2, 0.25) is 5.95 Å². The molecule has 2 saturated heterocycles. The molecule has 36 heavy (non-hydrogen) atoms. The molecule has 8 nitrogen and oxygen atoms in total. The van der Waals surface area contributed by atoms with Crippen molar-refractivity contribution < 1.29 is 27.4 Å². The largest absolute Gasteiger partial charge is 0.381 e. The molecule has 192 valence electrons. The SMILES string of the molecule is Fc1cc(F)c(Nc2nc3cnc(NC4CCC5(CC4)OCCO5)cc3n2C2CCOCC2)c(F)c1. The van der Waals surface area contributed by atoms with Crippen LogP contribution < -0.4 is 10.6 Å². The lowest BCUT2D eigenvalue weighted by Gasteiger charge is -2.35. The van der Waals surface area contributed by atoms with E-state index in [0.717, 1.165) is 44.0 Å². The molecule has 1 aliphatic carbocycles. The molecule has 0 bridgehead atoms. The highest BCUT2D eigenvalue weighted by Gasteiger charge is 2.40. The molecule has 1 spiro atoms. The summed E-state index contributed by atoms with van der Waals surface area (Å²) < 4.78 is 61.4. The second-order valence-corrected chi connectivity index (χ2v) is 9.60.